The van der Waals surface area contributed by atoms with Crippen LogP contribution in [0, 0.1) is 5.82 Å². The number of halogens is 1. The maximum atomic E-state index is 13.5. The lowest BCUT2D eigenvalue weighted by Crippen LogP contribution is -2.11. The molecule has 0 saturated heterocycles. The van der Waals surface area contributed by atoms with E-state index in [0.29, 0.717) is 0 Å². The smallest absolute Gasteiger partial charge is 0.270 e. The molecule has 0 bridgehead atoms. The zero-order chi connectivity index (χ0) is 13.3. The second-order valence-corrected chi connectivity index (χ2v) is 3.00. The molecule has 16 heavy (non-hydrogen) atoms. The molecular weight excluding hydrogens is 212 g/mol. The Morgan fingerprint density at radius 1 is 1.56 bits per heavy atom. The van der Waals surface area contributed by atoms with Crippen LogP contribution in [0.1, 0.15) is 18.8 Å². The quantitative estimate of drug-likeness (QED) is 0.773. The van der Waals surface area contributed by atoms with Crippen molar-refractivity contribution in [1.82, 2.24) is 15.0 Å². The summed E-state index contributed by atoms with van der Waals surface area (Å²) >= 11 is 0. The highest BCUT2D eigenvalue weighted by molar-refractivity contribution is 5.90. The van der Waals surface area contributed by atoms with Crippen LogP contribution in [0.15, 0.2) is 30.5 Å². The first-order valence-electron chi connectivity index (χ1n) is 5.40. The number of hydrogen-bond acceptors (Lipinski definition) is 3. The number of rotatable bonds is 3. The van der Waals surface area contributed by atoms with E-state index in [1.165, 1.54) is 18.2 Å². The highest BCUT2D eigenvalue weighted by Crippen LogP contribution is 2.07. The summed E-state index contributed by atoms with van der Waals surface area (Å²) in [6.07, 6.45) is 1.04. The number of nitrogens with two attached hydrogens (primary N) is 1. The number of carbonyl (C=O) groups is 1. The third kappa shape index (κ3) is 2.05. The molecule has 2 aromatic rings. The topological polar surface area (TPSA) is 73.8 Å². The van der Waals surface area contributed by atoms with Gasteiger partial charge >= 0.3 is 0 Å². The van der Waals surface area contributed by atoms with Gasteiger partial charge in [0, 0.05) is 5.56 Å². The predicted molar refractivity (Wildman–Crippen MR) is 54.0 cm³/mol. The third-order valence-electron chi connectivity index (χ3n) is 1.85. The van der Waals surface area contributed by atoms with E-state index in [-0.39, 0.29) is 11.3 Å². The lowest BCUT2D eigenvalue weighted by molar-refractivity contribution is 0.0995. The lowest BCUT2D eigenvalue weighted by Gasteiger charge is -2.01. The SMILES string of the molecule is [2H]C([2H])(c1ccccc1F)n1cc(C([15NH2])=O)nn1. The van der Waals surface area contributed by atoms with Crippen molar-refractivity contribution in [3.8, 4) is 0 Å². The summed E-state index contributed by atoms with van der Waals surface area (Å²) in [4.78, 5) is 10.9. The van der Waals surface area contributed by atoms with Gasteiger partial charge < -0.3 is 5.73 Å². The van der Waals surface area contributed by atoms with Crippen molar-refractivity contribution in [1.29, 1.82) is 0 Å². The van der Waals surface area contributed by atoms with E-state index in [9.17, 15) is 9.18 Å². The summed E-state index contributed by atoms with van der Waals surface area (Å²) in [6.45, 7) is -2.26. The van der Waals surface area contributed by atoms with Gasteiger partial charge in [0.15, 0.2) is 5.69 Å². The lowest BCUT2D eigenvalue weighted by atomic mass is 10.2. The average Bonchev–Trinajstić information content (AvgIpc) is 2.79. The zero-order valence-electron chi connectivity index (χ0n) is 10.1. The van der Waals surface area contributed by atoms with Crippen molar-refractivity contribution in [3.05, 3.63) is 47.5 Å². The molecule has 0 saturated carbocycles. The zero-order valence-corrected chi connectivity index (χ0v) is 8.09. The van der Waals surface area contributed by atoms with E-state index in [0.717, 1.165) is 16.9 Å². The minimum atomic E-state index is -2.26. The Morgan fingerprint density at radius 3 is 2.94 bits per heavy atom. The predicted octanol–water partition coefficient (Wildman–Crippen LogP) is 0.564. The Morgan fingerprint density at radius 2 is 2.31 bits per heavy atom. The molecule has 82 valence electrons. The molecule has 6 heteroatoms. The van der Waals surface area contributed by atoms with Crippen LogP contribution in [0.5, 0.6) is 0 Å². The van der Waals surface area contributed by atoms with Crippen molar-refractivity contribution >= 4 is 5.91 Å². The van der Waals surface area contributed by atoms with Crippen LogP contribution in [-0.4, -0.2) is 20.9 Å². The van der Waals surface area contributed by atoms with Gasteiger partial charge in [-0.15, -0.1) is 5.10 Å². The first kappa shape index (κ1) is 7.98. The van der Waals surface area contributed by atoms with Crippen LogP contribution in [-0.2, 0) is 6.50 Å². The molecule has 0 atom stereocenters. The minimum Gasteiger partial charge on any atom is -0.364 e. The van der Waals surface area contributed by atoms with E-state index < -0.39 is 18.2 Å². The maximum Gasteiger partial charge on any atom is 0.270 e. The highest BCUT2D eigenvalue weighted by Gasteiger charge is 2.07. The van der Waals surface area contributed by atoms with Crippen LogP contribution < -0.4 is 5.73 Å². The standard InChI is InChI=1S/C10H9FN4O/c11-8-4-2-1-3-7(8)5-15-6-9(10(12)16)13-14-15/h1-4,6H,5H2,(H2,12,16)/i5D2,12+1. The number of benzene rings is 1. The Balaban J connectivity index is 2.47. The number of hydrogen-bond donors (Lipinski definition) is 1. The number of nitrogens with zero attached hydrogens (tertiary/aromatic N) is 3. The Labute approximate surface area is 93.5 Å². The molecular formula is C10H9FN4O. The maximum absolute atomic E-state index is 13.5. The summed E-state index contributed by atoms with van der Waals surface area (Å²) in [5.41, 5.74) is 4.60. The molecule has 0 fully saturated rings. The normalized spacial score (nSPS) is 13.1. The van der Waals surface area contributed by atoms with Gasteiger partial charge in [0.1, 0.15) is 5.82 Å². The van der Waals surface area contributed by atoms with Crippen LogP contribution in [0.25, 0.3) is 0 Å². The summed E-state index contributed by atoms with van der Waals surface area (Å²) in [7, 11) is 0. The number of aromatic nitrogens is 3. The van der Waals surface area contributed by atoms with Gasteiger partial charge in [0.2, 0.25) is 0 Å². The van der Waals surface area contributed by atoms with Crippen molar-refractivity contribution < 1.29 is 11.9 Å². The second kappa shape index (κ2) is 4.09. The third-order valence-corrected chi connectivity index (χ3v) is 1.85. The molecule has 1 aromatic carbocycles. The summed E-state index contributed by atoms with van der Waals surface area (Å²) < 4.78 is 30.0. The van der Waals surface area contributed by atoms with Crippen LogP contribution in [0.3, 0.4) is 0 Å². The molecule has 0 aliphatic rings. The van der Waals surface area contributed by atoms with Gasteiger partial charge in [-0.1, -0.05) is 23.4 Å². The molecule has 1 amide bonds. The fourth-order valence-electron chi connectivity index (χ4n) is 1.11. The summed E-state index contributed by atoms with van der Waals surface area (Å²) in [5.74, 6) is -1.54. The fraction of sp³-hybridized carbons (Fsp3) is 0.100. The first-order chi connectivity index (χ1) is 8.43. The molecule has 2 rings (SSSR count). The van der Waals surface area contributed by atoms with Gasteiger partial charge in [-0.05, 0) is 6.07 Å². The fourth-order valence-corrected chi connectivity index (χ4v) is 1.11. The Hall–Kier alpha value is -2.24. The molecule has 2 N–H and O–H groups in total. The molecule has 0 spiro atoms. The van der Waals surface area contributed by atoms with E-state index in [4.69, 9.17) is 8.48 Å². The Kier molecular flexibility index (Phi) is 2.04. The van der Waals surface area contributed by atoms with Crippen molar-refractivity contribution in [3.63, 3.8) is 0 Å². The van der Waals surface area contributed by atoms with Crippen LogP contribution in [0.4, 0.5) is 4.39 Å². The number of amides is 1. The van der Waals surface area contributed by atoms with Gasteiger partial charge in [-0.3, -0.25) is 4.79 Å². The number of carbonyl (C=O) groups excluding carboxylic acids is 1. The molecule has 0 aliphatic heterocycles. The number of primary amides is 1. The van der Waals surface area contributed by atoms with E-state index in [2.05, 4.69) is 10.3 Å². The molecule has 1 aromatic heterocycles. The molecule has 0 aliphatic carbocycles. The van der Waals surface area contributed by atoms with Crippen molar-refractivity contribution in [2.75, 3.05) is 0 Å². The summed E-state index contributed by atoms with van der Waals surface area (Å²) in [5, 5.41) is 6.86. The first-order valence-corrected chi connectivity index (χ1v) is 4.40. The van der Waals surface area contributed by atoms with Gasteiger partial charge in [0.25, 0.3) is 5.91 Å². The molecule has 1 heterocycles. The van der Waals surface area contributed by atoms with E-state index in [1.807, 2.05) is 0 Å². The second-order valence-electron chi connectivity index (χ2n) is 3.00. The minimum absolute atomic E-state index is 0.185. The monoisotopic (exact) mass is 223 g/mol. The summed E-state index contributed by atoms with van der Waals surface area (Å²) in [6, 6.07) is 5.38. The largest absolute Gasteiger partial charge is 0.364 e. The van der Waals surface area contributed by atoms with E-state index in [1.54, 1.807) is 0 Å². The molecule has 0 radical (unpaired) electrons. The molecule has 0 unspecified atom stereocenters. The van der Waals surface area contributed by atoms with Gasteiger partial charge in [0.05, 0.1) is 15.4 Å². The van der Waals surface area contributed by atoms with Crippen molar-refractivity contribution in [2.45, 2.75) is 6.50 Å². The van der Waals surface area contributed by atoms with Crippen molar-refractivity contribution in [2.24, 2.45) is 5.73 Å². The average molecular weight is 223 g/mol. The van der Waals surface area contributed by atoms with Crippen LogP contribution in [0.2, 0.25) is 0 Å². The van der Waals surface area contributed by atoms with Gasteiger partial charge in [-0.25, -0.2) is 9.07 Å². The molecule has 5 nitrogen and oxygen atoms in total. The van der Waals surface area contributed by atoms with Crippen LogP contribution >= 0.6 is 0 Å². The van der Waals surface area contributed by atoms with E-state index >= 15 is 0 Å². The highest BCUT2D eigenvalue weighted by atomic mass is 19.1. The Bertz CT molecular complexity index is 599. The van der Waals surface area contributed by atoms with Gasteiger partial charge in [-0.2, -0.15) is 0 Å².